The summed E-state index contributed by atoms with van der Waals surface area (Å²) in [6.07, 6.45) is 10.4. The number of pyridine rings is 1. The van der Waals surface area contributed by atoms with Gasteiger partial charge in [0, 0.05) is 75.9 Å². The van der Waals surface area contributed by atoms with Crippen LogP contribution in [0.25, 0.3) is 22.1 Å². The SMILES string of the molecule is CCC(=O)NC(=O)Cn1c(=O)n(C)c2c(N3CC4(CCN(C(C)c5ccc(Nc6ncc7cc(C(=O)N(C)C)n(C8CCCC8)c7n6)nc5)CC4)C3)cccc21. The van der Waals surface area contributed by atoms with Crippen LogP contribution in [0.4, 0.5) is 17.5 Å². The number of likely N-dealkylation sites (tertiary alicyclic amines) is 1. The molecule has 1 atom stereocenters. The fraction of sp³-hybridized carbons (Fsp3) is 0.488. The number of hydrogen-bond acceptors (Lipinski definition) is 10. The van der Waals surface area contributed by atoms with E-state index >= 15 is 0 Å². The first-order valence-electron chi connectivity index (χ1n) is 19.8. The molecule has 2 saturated heterocycles. The van der Waals surface area contributed by atoms with Crippen LogP contribution in [0.1, 0.15) is 86.9 Å². The van der Waals surface area contributed by atoms with E-state index < -0.39 is 5.91 Å². The minimum atomic E-state index is -0.493. The molecule has 56 heavy (non-hydrogen) atoms. The number of amides is 3. The molecule has 5 aromatic rings. The standard InChI is InChI=1S/C41H51N11O4/c1-6-34(53)45-35(54)23-51-31-13-9-12-30(36(31)48(5)40(51)56)50-24-41(25-50)16-18-49(19-17-41)26(2)27-14-15-33(42-21-27)44-39-43-22-28-20-32(38(55)47(3)4)52(37(28)46-39)29-10-7-8-11-29/h9,12-15,20-22,26,29H,6-8,10-11,16-19,23-25H2,1-5H3,(H,45,53,54)(H,42,43,44,46). The molecule has 3 aliphatic rings. The van der Waals surface area contributed by atoms with E-state index in [4.69, 9.17) is 9.97 Å². The number of rotatable bonds is 10. The largest absolute Gasteiger partial charge is 0.369 e. The molecule has 15 heteroatoms. The Kier molecular flexibility index (Phi) is 9.89. The first-order valence-corrected chi connectivity index (χ1v) is 19.8. The summed E-state index contributed by atoms with van der Waals surface area (Å²) in [5.41, 5.74) is 4.98. The third kappa shape index (κ3) is 6.82. The molecule has 2 N–H and O–H groups in total. The first kappa shape index (κ1) is 37.4. The molecule has 1 aliphatic carbocycles. The molecule has 3 fully saturated rings. The highest BCUT2D eigenvalue weighted by Crippen LogP contribution is 2.45. The molecule has 8 rings (SSSR count). The maximum atomic E-state index is 13.2. The minimum absolute atomic E-state index is 0.0309. The molecule has 15 nitrogen and oxygen atoms in total. The third-order valence-corrected chi connectivity index (χ3v) is 12.2. The Bertz CT molecular complexity index is 2350. The van der Waals surface area contributed by atoms with Gasteiger partial charge in [-0.15, -0.1) is 0 Å². The summed E-state index contributed by atoms with van der Waals surface area (Å²) in [6, 6.07) is 12.3. The number of piperidine rings is 1. The van der Waals surface area contributed by atoms with Crippen molar-refractivity contribution in [2.75, 3.05) is 50.5 Å². The molecule has 1 saturated carbocycles. The van der Waals surface area contributed by atoms with Gasteiger partial charge in [0.2, 0.25) is 17.8 Å². The number of imidazole rings is 1. The highest BCUT2D eigenvalue weighted by atomic mass is 16.2. The fourth-order valence-corrected chi connectivity index (χ4v) is 8.98. The molecular formula is C41H51N11O4. The monoisotopic (exact) mass is 761 g/mol. The Morgan fingerprint density at radius 1 is 1.00 bits per heavy atom. The van der Waals surface area contributed by atoms with E-state index in [0.717, 1.165) is 92.5 Å². The molecule has 0 bridgehead atoms. The molecule has 1 spiro atoms. The number of nitrogens with one attached hydrogen (secondary N) is 2. The van der Waals surface area contributed by atoms with Gasteiger partial charge >= 0.3 is 5.69 Å². The van der Waals surface area contributed by atoms with Crippen molar-refractivity contribution < 1.29 is 14.4 Å². The van der Waals surface area contributed by atoms with E-state index in [-0.39, 0.29) is 48.0 Å². The number of fused-ring (bicyclic) bond motifs is 2. The number of para-hydroxylation sites is 1. The summed E-state index contributed by atoms with van der Waals surface area (Å²) in [5.74, 6) is 0.225. The van der Waals surface area contributed by atoms with Gasteiger partial charge in [-0.05, 0) is 75.5 Å². The maximum Gasteiger partial charge on any atom is 0.329 e. The smallest absolute Gasteiger partial charge is 0.329 e. The number of aromatic nitrogens is 6. The van der Waals surface area contributed by atoms with Crippen LogP contribution in [-0.4, -0.2) is 96.4 Å². The number of carbonyl (C=O) groups excluding carboxylic acids is 3. The van der Waals surface area contributed by atoms with Crippen LogP contribution >= 0.6 is 0 Å². The molecular weight excluding hydrogens is 711 g/mol. The van der Waals surface area contributed by atoms with E-state index in [1.54, 1.807) is 43.7 Å². The summed E-state index contributed by atoms with van der Waals surface area (Å²) in [5, 5.41) is 6.49. The topological polar surface area (TPSA) is 156 Å². The molecule has 0 radical (unpaired) electrons. The van der Waals surface area contributed by atoms with E-state index in [1.165, 1.54) is 4.57 Å². The quantitative estimate of drug-likeness (QED) is 0.204. The van der Waals surface area contributed by atoms with Crippen molar-refractivity contribution in [3.05, 3.63) is 70.5 Å². The number of imide groups is 1. The predicted molar refractivity (Wildman–Crippen MR) is 215 cm³/mol. The van der Waals surface area contributed by atoms with Crippen molar-refractivity contribution >= 4 is 57.2 Å². The van der Waals surface area contributed by atoms with Crippen molar-refractivity contribution in [1.82, 2.24) is 43.8 Å². The molecule has 3 amide bonds. The van der Waals surface area contributed by atoms with Gasteiger partial charge in [-0.3, -0.25) is 33.7 Å². The number of benzene rings is 1. The average Bonchev–Trinajstić information content (AvgIpc) is 3.91. The molecule has 4 aromatic heterocycles. The van der Waals surface area contributed by atoms with E-state index in [2.05, 4.69) is 43.0 Å². The molecule has 1 aromatic carbocycles. The number of anilines is 3. The van der Waals surface area contributed by atoms with E-state index in [1.807, 2.05) is 36.5 Å². The van der Waals surface area contributed by atoms with Gasteiger partial charge in [0.05, 0.1) is 16.7 Å². The summed E-state index contributed by atoms with van der Waals surface area (Å²) in [7, 11) is 5.29. The maximum absolute atomic E-state index is 13.2. The van der Waals surface area contributed by atoms with Crippen LogP contribution < -0.4 is 21.2 Å². The van der Waals surface area contributed by atoms with Crippen molar-refractivity contribution in [3.8, 4) is 0 Å². The van der Waals surface area contributed by atoms with Crippen molar-refractivity contribution in [3.63, 3.8) is 0 Å². The third-order valence-electron chi connectivity index (χ3n) is 12.2. The second-order valence-electron chi connectivity index (χ2n) is 16.1. The van der Waals surface area contributed by atoms with Crippen LogP contribution in [0.15, 0.2) is 53.6 Å². The summed E-state index contributed by atoms with van der Waals surface area (Å²) >= 11 is 0. The van der Waals surface area contributed by atoms with Gasteiger partial charge in [0.25, 0.3) is 5.91 Å². The molecule has 294 valence electrons. The van der Waals surface area contributed by atoms with Gasteiger partial charge in [-0.1, -0.05) is 31.9 Å². The highest BCUT2D eigenvalue weighted by molar-refractivity contribution is 5.98. The zero-order chi connectivity index (χ0) is 39.3. The Balaban J connectivity index is 0.897. The lowest BCUT2D eigenvalue weighted by Gasteiger charge is -2.55. The predicted octanol–water partition coefficient (Wildman–Crippen LogP) is 4.76. The van der Waals surface area contributed by atoms with Crippen LogP contribution in [0, 0.1) is 5.41 Å². The Labute approximate surface area is 325 Å². The summed E-state index contributed by atoms with van der Waals surface area (Å²) < 4.78 is 5.17. The average molecular weight is 762 g/mol. The van der Waals surface area contributed by atoms with E-state index in [0.29, 0.717) is 23.0 Å². The Morgan fingerprint density at radius 3 is 2.43 bits per heavy atom. The van der Waals surface area contributed by atoms with Gasteiger partial charge in [-0.2, -0.15) is 4.98 Å². The number of nitrogens with zero attached hydrogens (tertiary/aromatic N) is 9. The van der Waals surface area contributed by atoms with Gasteiger partial charge in [0.1, 0.15) is 23.7 Å². The normalized spacial score (nSPS) is 17.7. The van der Waals surface area contributed by atoms with E-state index in [9.17, 15) is 19.2 Å². The van der Waals surface area contributed by atoms with Crippen LogP contribution in [0.2, 0.25) is 0 Å². The second kappa shape index (κ2) is 14.8. The minimum Gasteiger partial charge on any atom is -0.369 e. The lowest BCUT2D eigenvalue weighted by atomic mass is 9.71. The summed E-state index contributed by atoms with van der Waals surface area (Å²) in [4.78, 5) is 71.2. The highest BCUT2D eigenvalue weighted by Gasteiger charge is 2.46. The van der Waals surface area contributed by atoms with Crippen LogP contribution in [-0.2, 0) is 23.2 Å². The molecule has 2 aliphatic heterocycles. The summed E-state index contributed by atoms with van der Waals surface area (Å²) in [6.45, 7) is 7.49. The second-order valence-corrected chi connectivity index (χ2v) is 16.1. The van der Waals surface area contributed by atoms with Gasteiger partial charge < -0.3 is 19.7 Å². The van der Waals surface area contributed by atoms with Crippen molar-refractivity contribution in [2.45, 2.75) is 77.4 Å². The van der Waals surface area contributed by atoms with Crippen LogP contribution in [0.5, 0.6) is 0 Å². The number of carbonyl (C=O) groups is 3. The van der Waals surface area contributed by atoms with Gasteiger partial charge in [-0.25, -0.2) is 14.8 Å². The molecule has 6 heterocycles. The zero-order valence-electron chi connectivity index (χ0n) is 32.9. The van der Waals surface area contributed by atoms with Crippen LogP contribution in [0.3, 0.4) is 0 Å². The first-order chi connectivity index (χ1) is 26.9. The number of hydrogen-bond donors (Lipinski definition) is 2. The Morgan fingerprint density at radius 2 is 1.75 bits per heavy atom. The zero-order valence-corrected chi connectivity index (χ0v) is 32.9. The lowest BCUT2D eigenvalue weighted by Crippen LogP contribution is -2.60. The lowest BCUT2D eigenvalue weighted by molar-refractivity contribution is -0.130. The van der Waals surface area contributed by atoms with Crippen molar-refractivity contribution in [2.24, 2.45) is 12.5 Å². The fourth-order valence-electron chi connectivity index (χ4n) is 8.98. The molecule has 1 unspecified atom stereocenters. The van der Waals surface area contributed by atoms with Crippen molar-refractivity contribution in [1.29, 1.82) is 0 Å². The van der Waals surface area contributed by atoms with Gasteiger partial charge in [0.15, 0.2) is 0 Å². The Hall–Kier alpha value is -5.57. The number of aryl methyl sites for hydroxylation is 1.